The molecule has 2 aromatic carbocycles. The van der Waals surface area contributed by atoms with Gasteiger partial charge in [0.25, 0.3) is 5.24 Å². The van der Waals surface area contributed by atoms with E-state index in [0.29, 0.717) is 5.56 Å². The fourth-order valence-electron chi connectivity index (χ4n) is 2.24. The van der Waals surface area contributed by atoms with Gasteiger partial charge in [-0.25, -0.2) is 0 Å². The van der Waals surface area contributed by atoms with Crippen LogP contribution in [-0.2, 0) is 0 Å². The average molecular weight is 340 g/mol. The minimum absolute atomic E-state index is 0.0254. The molecule has 0 spiro atoms. The molecule has 0 aliphatic carbocycles. The Balaban J connectivity index is 2.21. The molecule has 3 aromatic rings. The first-order chi connectivity index (χ1) is 11.1. The Morgan fingerprint density at radius 2 is 2.13 bits per heavy atom. The minimum Gasteiger partial charge on any atom is -0.339 e. The molecule has 0 unspecified atom stereocenters. The number of hydrogen-bond acceptors (Lipinski definition) is 4. The highest BCUT2D eigenvalue weighted by Crippen LogP contribution is 2.39. The van der Waals surface area contributed by atoms with Crippen LogP contribution < -0.4 is 4.37 Å². The molecular weight excluding hydrogens is 326 g/mol. The van der Waals surface area contributed by atoms with Crippen LogP contribution >= 0.6 is 23.3 Å². The van der Waals surface area contributed by atoms with Gasteiger partial charge in [-0.05, 0) is 41.6 Å². The minimum atomic E-state index is -0.0254. The van der Waals surface area contributed by atoms with Gasteiger partial charge in [0.1, 0.15) is 16.2 Å². The standard InChI is InChI=1S/C17H13N3OS2/c1-20(2)17(21)22-14-7-6-13-10-19-23-16(13)15(14)12-5-3-4-11(8-12)9-18/h3-8,10H,1-2H3/p+1. The second-order valence-corrected chi connectivity index (χ2v) is 7.02. The van der Waals surface area contributed by atoms with Gasteiger partial charge in [-0.2, -0.15) is 9.64 Å². The number of benzene rings is 2. The summed E-state index contributed by atoms with van der Waals surface area (Å²) in [5, 5.41) is 10.2. The van der Waals surface area contributed by atoms with Crippen molar-refractivity contribution in [1.82, 2.24) is 4.90 Å². The molecule has 1 N–H and O–H groups in total. The van der Waals surface area contributed by atoms with Gasteiger partial charge in [-0.3, -0.25) is 4.79 Å². The largest absolute Gasteiger partial charge is 0.339 e. The molecule has 23 heavy (non-hydrogen) atoms. The van der Waals surface area contributed by atoms with Crippen molar-refractivity contribution in [3.63, 3.8) is 0 Å². The predicted molar refractivity (Wildman–Crippen MR) is 93.5 cm³/mol. The number of aromatic nitrogens is 1. The second kappa shape index (κ2) is 6.41. The molecule has 1 heterocycles. The Morgan fingerprint density at radius 1 is 1.30 bits per heavy atom. The number of fused-ring (bicyclic) bond motifs is 1. The number of rotatable bonds is 2. The maximum Gasteiger partial charge on any atom is 0.285 e. The van der Waals surface area contributed by atoms with Crippen molar-refractivity contribution in [1.29, 1.82) is 5.26 Å². The quantitative estimate of drug-likeness (QED) is 0.662. The molecule has 4 nitrogen and oxygen atoms in total. The van der Waals surface area contributed by atoms with Gasteiger partial charge in [0.2, 0.25) is 0 Å². The Morgan fingerprint density at radius 3 is 2.87 bits per heavy atom. The predicted octanol–water partition coefficient (Wildman–Crippen LogP) is 4.03. The zero-order chi connectivity index (χ0) is 16.4. The van der Waals surface area contributed by atoms with E-state index in [1.165, 1.54) is 23.3 Å². The number of thioether (sulfide) groups is 1. The van der Waals surface area contributed by atoms with Crippen molar-refractivity contribution in [2.75, 3.05) is 14.1 Å². The lowest BCUT2D eigenvalue weighted by molar-refractivity contribution is -0.287. The highest BCUT2D eigenvalue weighted by molar-refractivity contribution is 8.13. The van der Waals surface area contributed by atoms with Crippen molar-refractivity contribution in [3.8, 4) is 17.2 Å². The van der Waals surface area contributed by atoms with Crippen LogP contribution in [0.5, 0.6) is 0 Å². The van der Waals surface area contributed by atoms with E-state index in [-0.39, 0.29) is 5.24 Å². The van der Waals surface area contributed by atoms with Gasteiger partial charge in [0.05, 0.1) is 17.0 Å². The molecule has 114 valence electrons. The van der Waals surface area contributed by atoms with Crippen molar-refractivity contribution in [2.24, 2.45) is 0 Å². The second-order valence-electron chi connectivity index (χ2n) is 5.18. The number of carbonyl (C=O) groups excluding carboxylic acids is 1. The van der Waals surface area contributed by atoms with Gasteiger partial charge in [0, 0.05) is 24.6 Å². The molecule has 3 rings (SSSR count). The zero-order valence-electron chi connectivity index (χ0n) is 12.7. The Bertz CT molecular complexity index is 925. The first kappa shape index (κ1) is 15.5. The maximum atomic E-state index is 12.1. The Kier molecular flexibility index (Phi) is 4.33. The number of hydrogen-bond donors (Lipinski definition) is 0. The van der Waals surface area contributed by atoms with Crippen LogP contribution in [0.2, 0.25) is 0 Å². The summed E-state index contributed by atoms with van der Waals surface area (Å²) in [6.07, 6.45) is 1.94. The van der Waals surface area contributed by atoms with Crippen molar-refractivity contribution >= 4 is 38.6 Å². The molecule has 0 saturated heterocycles. The van der Waals surface area contributed by atoms with E-state index in [1.807, 2.05) is 36.5 Å². The van der Waals surface area contributed by atoms with Crippen molar-refractivity contribution in [3.05, 3.63) is 48.2 Å². The molecule has 6 heteroatoms. The molecule has 1 amide bonds. The van der Waals surface area contributed by atoms with Gasteiger partial charge in [-0.1, -0.05) is 12.1 Å². The fourth-order valence-corrected chi connectivity index (χ4v) is 4.02. The topological polar surface area (TPSA) is 58.2 Å². The normalized spacial score (nSPS) is 10.5. The lowest BCUT2D eigenvalue weighted by Crippen LogP contribution is -2.16. The van der Waals surface area contributed by atoms with Crippen LogP contribution in [0.3, 0.4) is 0 Å². The molecular formula is C17H14N3OS2+. The SMILES string of the molecule is CN(C)C(=O)Sc1ccc2c[nH+]sc2c1-c1cccc(C#N)c1. The number of carbonyl (C=O) groups is 1. The first-order valence-electron chi connectivity index (χ1n) is 6.92. The number of aromatic amines is 1. The summed E-state index contributed by atoms with van der Waals surface area (Å²) in [5.41, 5.74) is 2.54. The van der Waals surface area contributed by atoms with Crippen LogP contribution in [0.1, 0.15) is 5.56 Å². The average Bonchev–Trinajstić information content (AvgIpc) is 3.03. The van der Waals surface area contributed by atoms with Crippen molar-refractivity contribution in [2.45, 2.75) is 4.90 Å². The van der Waals surface area contributed by atoms with Crippen LogP contribution in [0.15, 0.2) is 47.5 Å². The summed E-state index contributed by atoms with van der Waals surface area (Å²) >= 11 is 2.73. The summed E-state index contributed by atoms with van der Waals surface area (Å²) in [4.78, 5) is 14.6. The number of nitrogens with one attached hydrogen (secondary N) is 1. The summed E-state index contributed by atoms with van der Waals surface area (Å²) in [6, 6.07) is 13.6. The third kappa shape index (κ3) is 3.07. The Labute approximate surface area is 142 Å². The molecule has 0 aliphatic rings. The maximum absolute atomic E-state index is 12.1. The van der Waals surface area contributed by atoms with E-state index in [9.17, 15) is 4.79 Å². The first-order valence-corrected chi connectivity index (χ1v) is 8.55. The van der Waals surface area contributed by atoms with Crippen LogP contribution in [-0.4, -0.2) is 24.2 Å². The highest BCUT2D eigenvalue weighted by Gasteiger charge is 2.18. The van der Waals surface area contributed by atoms with E-state index >= 15 is 0 Å². The van der Waals surface area contributed by atoms with Gasteiger partial charge >= 0.3 is 0 Å². The monoisotopic (exact) mass is 340 g/mol. The Hall–Kier alpha value is -2.36. The van der Waals surface area contributed by atoms with Gasteiger partial charge < -0.3 is 4.90 Å². The molecule has 0 bridgehead atoms. The van der Waals surface area contributed by atoms with E-state index in [1.54, 1.807) is 25.1 Å². The van der Waals surface area contributed by atoms with E-state index in [2.05, 4.69) is 10.4 Å². The van der Waals surface area contributed by atoms with Crippen LogP contribution in [0, 0.1) is 11.3 Å². The van der Waals surface area contributed by atoms with Crippen molar-refractivity contribution < 1.29 is 9.17 Å². The number of H-pyrrole nitrogens is 1. The number of amides is 1. The fraction of sp³-hybridized carbons (Fsp3) is 0.118. The van der Waals surface area contributed by atoms with Crippen LogP contribution in [0.4, 0.5) is 4.79 Å². The molecule has 0 radical (unpaired) electrons. The summed E-state index contributed by atoms with van der Waals surface area (Å²) < 4.78 is 4.23. The lowest BCUT2D eigenvalue weighted by atomic mass is 10.0. The van der Waals surface area contributed by atoms with E-state index < -0.39 is 0 Å². The van der Waals surface area contributed by atoms with E-state index in [0.717, 1.165) is 26.1 Å². The van der Waals surface area contributed by atoms with Gasteiger partial charge in [0.15, 0.2) is 6.20 Å². The smallest absolute Gasteiger partial charge is 0.285 e. The number of nitriles is 1. The molecule has 0 fully saturated rings. The summed E-state index contributed by atoms with van der Waals surface area (Å²) in [7, 11) is 3.48. The van der Waals surface area contributed by atoms with Gasteiger partial charge in [-0.15, -0.1) is 0 Å². The highest BCUT2D eigenvalue weighted by atomic mass is 32.2. The van der Waals surface area contributed by atoms with E-state index in [4.69, 9.17) is 5.26 Å². The molecule has 0 atom stereocenters. The molecule has 0 saturated carbocycles. The lowest BCUT2D eigenvalue weighted by Gasteiger charge is -2.13. The zero-order valence-corrected chi connectivity index (χ0v) is 14.3. The molecule has 0 aliphatic heterocycles. The summed E-state index contributed by atoms with van der Waals surface area (Å²) in [5.74, 6) is 0. The van der Waals surface area contributed by atoms with Crippen LogP contribution in [0.25, 0.3) is 21.2 Å². The third-order valence-electron chi connectivity index (χ3n) is 3.37. The third-order valence-corrected chi connectivity index (χ3v) is 5.35. The molecule has 1 aromatic heterocycles. The summed E-state index contributed by atoms with van der Waals surface area (Å²) in [6.45, 7) is 0. The number of nitrogens with zero attached hydrogens (tertiary/aromatic N) is 2.